The third-order valence-electron chi connectivity index (χ3n) is 3.82. The summed E-state index contributed by atoms with van der Waals surface area (Å²) in [7, 11) is 0. The van der Waals surface area contributed by atoms with E-state index in [1.807, 2.05) is 18.2 Å². The third-order valence-corrected chi connectivity index (χ3v) is 3.82. The van der Waals surface area contributed by atoms with E-state index in [4.69, 9.17) is 5.26 Å². The number of nitrogens with zero attached hydrogens (tertiary/aromatic N) is 3. The second-order valence-corrected chi connectivity index (χ2v) is 4.96. The van der Waals surface area contributed by atoms with Gasteiger partial charge in [0.05, 0.1) is 17.8 Å². The molecule has 0 radical (unpaired) electrons. The van der Waals surface area contributed by atoms with Gasteiger partial charge in [-0.15, -0.1) is 0 Å². The minimum Gasteiger partial charge on any atom is -0.314 e. The van der Waals surface area contributed by atoms with Crippen molar-refractivity contribution in [3.05, 3.63) is 29.8 Å². The molecule has 1 N–H and O–H groups in total. The lowest BCUT2D eigenvalue weighted by atomic mass is 10.1. The van der Waals surface area contributed by atoms with Crippen molar-refractivity contribution in [1.29, 1.82) is 5.26 Å². The molecule has 3 rings (SSSR count). The highest BCUT2D eigenvalue weighted by atomic mass is 16.2. The van der Waals surface area contributed by atoms with Gasteiger partial charge in [-0.3, -0.25) is 9.69 Å². The molecule has 1 aromatic carbocycles. The lowest BCUT2D eigenvalue weighted by Crippen LogP contribution is -2.63. The van der Waals surface area contributed by atoms with Crippen LogP contribution in [-0.4, -0.2) is 49.6 Å². The standard InChI is InChI=1S/C14H16N4O/c15-7-11-3-1-2-4-13(11)18-9-12-8-16-5-6-17(12)10-14(18)19/h1-4,12,16H,5-6,8-10H2. The molecule has 0 bridgehead atoms. The van der Waals surface area contributed by atoms with Crippen LogP contribution in [0.2, 0.25) is 0 Å². The molecule has 1 unspecified atom stereocenters. The maximum Gasteiger partial charge on any atom is 0.241 e. The molecule has 2 saturated heterocycles. The average Bonchev–Trinajstić information content (AvgIpc) is 2.46. The van der Waals surface area contributed by atoms with Crippen molar-refractivity contribution in [2.24, 2.45) is 0 Å². The highest BCUT2D eigenvalue weighted by Crippen LogP contribution is 2.24. The van der Waals surface area contributed by atoms with Crippen LogP contribution in [-0.2, 0) is 4.79 Å². The number of carbonyl (C=O) groups excluding carboxylic acids is 1. The van der Waals surface area contributed by atoms with Gasteiger partial charge in [-0.25, -0.2) is 0 Å². The second-order valence-electron chi connectivity index (χ2n) is 4.96. The van der Waals surface area contributed by atoms with Crippen molar-refractivity contribution >= 4 is 11.6 Å². The molecule has 5 heteroatoms. The van der Waals surface area contributed by atoms with E-state index in [1.54, 1.807) is 11.0 Å². The first-order valence-electron chi connectivity index (χ1n) is 6.54. The van der Waals surface area contributed by atoms with Gasteiger partial charge >= 0.3 is 0 Å². The fraction of sp³-hybridized carbons (Fsp3) is 0.429. The molecule has 0 saturated carbocycles. The van der Waals surface area contributed by atoms with Crippen molar-refractivity contribution in [2.45, 2.75) is 6.04 Å². The summed E-state index contributed by atoms with van der Waals surface area (Å²) in [6.07, 6.45) is 0. The van der Waals surface area contributed by atoms with Crippen LogP contribution in [0.5, 0.6) is 0 Å². The maximum atomic E-state index is 12.3. The zero-order valence-electron chi connectivity index (χ0n) is 10.7. The van der Waals surface area contributed by atoms with E-state index in [2.05, 4.69) is 16.3 Å². The monoisotopic (exact) mass is 256 g/mol. The smallest absolute Gasteiger partial charge is 0.241 e. The van der Waals surface area contributed by atoms with Crippen molar-refractivity contribution in [1.82, 2.24) is 10.2 Å². The van der Waals surface area contributed by atoms with Gasteiger partial charge in [-0.2, -0.15) is 5.26 Å². The summed E-state index contributed by atoms with van der Waals surface area (Å²) in [5.74, 6) is 0.0841. The molecule has 2 fully saturated rings. The second kappa shape index (κ2) is 5.00. The van der Waals surface area contributed by atoms with E-state index in [0.717, 1.165) is 25.3 Å². The van der Waals surface area contributed by atoms with E-state index in [1.165, 1.54) is 0 Å². The number of hydrogen-bond donors (Lipinski definition) is 1. The quantitative estimate of drug-likeness (QED) is 0.778. The Kier molecular flexibility index (Phi) is 3.20. The largest absolute Gasteiger partial charge is 0.314 e. The van der Waals surface area contributed by atoms with Gasteiger partial charge in [-0.05, 0) is 12.1 Å². The van der Waals surface area contributed by atoms with Gasteiger partial charge in [-0.1, -0.05) is 12.1 Å². The molecule has 0 aromatic heterocycles. The van der Waals surface area contributed by atoms with E-state index < -0.39 is 0 Å². The summed E-state index contributed by atoms with van der Waals surface area (Å²) in [6.45, 7) is 3.87. The van der Waals surface area contributed by atoms with Crippen LogP contribution in [0.3, 0.4) is 0 Å². The highest BCUT2D eigenvalue weighted by Gasteiger charge is 2.34. The molecule has 1 amide bonds. The summed E-state index contributed by atoms with van der Waals surface area (Å²) in [5.41, 5.74) is 1.30. The Morgan fingerprint density at radius 1 is 1.37 bits per heavy atom. The first kappa shape index (κ1) is 12.2. The van der Waals surface area contributed by atoms with Crippen molar-refractivity contribution in [3.8, 4) is 6.07 Å². The van der Waals surface area contributed by atoms with E-state index >= 15 is 0 Å². The number of rotatable bonds is 1. The van der Waals surface area contributed by atoms with Crippen molar-refractivity contribution in [3.63, 3.8) is 0 Å². The third kappa shape index (κ3) is 2.21. The number of para-hydroxylation sites is 1. The minimum absolute atomic E-state index is 0.0841. The Balaban J connectivity index is 1.88. The molecule has 1 aromatic rings. The average molecular weight is 256 g/mol. The lowest BCUT2D eigenvalue weighted by Gasteiger charge is -2.43. The fourth-order valence-corrected chi connectivity index (χ4v) is 2.80. The van der Waals surface area contributed by atoms with Crippen LogP contribution >= 0.6 is 0 Å². The number of piperazine rings is 2. The number of amides is 1. The van der Waals surface area contributed by atoms with Crippen LogP contribution in [0.1, 0.15) is 5.56 Å². The number of nitriles is 1. The van der Waals surface area contributed by atoms with Crippen LogP contribution in [0.15, 0.2) is 24.3 Å². The SMILES string of the molecule is N#Cc1ccccc1N1CC2CNCCN2CC1=O. The number of carbonyl (C=O) groups is 1. The zero-order valence-corrected chi connectivity index (χ0v) is 10.7. The Hall–Kier alpha value is -1.90. The van der Waals surface area contributed by atoms with Crippen LogP contribution in [0.4, 0.5) is 5.69 Å². The Morgan fingerprint density at radius 3 is 3.05 bits per heavy atom. The lowest BCUT2D eigenvalue weighted by molar-refractivity contribution is -0.122. The normalized spacial score (nSPS) is 23.8. The maximum absolute atomic E-state index is 12.3. The van der Waals surface area contributed by atoms with Gasteiger partial charge in [0.15, 0.2) is 0 Å². The number of benzene rings is 1. The molecule has 1 atom stereocenters. The van der Waals surface area contributed by atoms with Crippen molar-refractivity contribution < 1.29 is 4.79 Å². The first-order valence-corrected chi connectivity index (χ1v) is 6.54. The molecule has 98 valence electrons. The highest BCUT2D eigenvalue weighted by molar-refractivity contribution is 5.97. The van der Waals surface area contributed by atoms with Gasteiger partial charge < -0.3 is 10.2 Å². The molecule has 2 heterocycles. The molecule has 0 aliphatic carbocycles. The van der Waals surface area contributed by atoms with Gasteiger partial charge in [0.2, 0.25) is 5.91 Å². The molecule has 2 aliphatic rings. The van der Waals surface area contributed by atoms with Gasteiger partial charge in [0.1, 0.15) is 6.07 Å². The predicted molar refractivity (Wildman–Crippen MR) is 71.7 cm³/mol. The van der Waals surface area contributed by atoms with Crippen LogP contribution in [0.25, 0.3) is 0 Å². The van der Waals surface area contributed by atoms with Crippen molar-refractivity contribution in [2.75, 3.05) is 37.6 Å². The van der Waals surface area contributed by atoms with E-state index in [9.17, 15) is 4.79 Å². The van der Waals surface area contributed by atoms with Gasteiger partial charge in [0, 0.05) is 32.2 Å². The minimum atomic E-state index is 0.0841. The van der Waals surface area contributed by atoms with E-state index in [0.29, 0.717) is 24.7 Å². The van der Waals surface area contributed by atoms with E-state index in [-0.39, 0.29) is 5.91 Å². The summed E-state index contributed by atoms with van der Waals surface area (Å²) in [5, 5.41) is 12.5. The molecule has 2 aliphatic heterocycles. The number of fused-ring (bicyclic) bond motifs is 1. The topological polar surface area (TPSA) is 59.4 Å². The summed E-state index contributed by atoms with van der Waals surface area (Å²) < 4.78 is 0. The molecule has 0 spiro atoms. The molecule has 19 heavy (non-hydrogen) atoms. The summed E-state index contributed by atoms with van der Waals surface area (Å²) in [4.78, 5) is 16.3. The predicted octanol–water partition coefficient (Wildman–Crippen LogP) is 0.179. The van der Waals surface area contributed by atoms with Gasteiger partial charge in [0.25, 0.3) is 0 Å². The Bertz CT molecular complexity index is 536. The Morgan fingerprint density at radius 2 is 2.21 bits per heavy atom. The fourth-order valence-electron chi connectivity index (χ4n) is 2.80. The summed E-state index contributed by atoms with van der Waals surface area (Å²) >= 11 is 0. The number of nitrogens with one attached hydrogen (secondary N) is 1. The first-order chi connectivity index (χ1) is 9.29. The van der Waals surface area contributed by atoms with Crippen LogP contribution < -0.4 is 10.2 Å². The molecule has 5 nitrogen and oxygen atoms in total. The van der Waals surface area contributed by atoms with Crippen LogP contribution in [0, 0.1) is 11.3 Å². The Labute approximate surface area is 112 Å². The number of hydrogen-bond acceptors (Lipinski definition) is 4. The summed E-state index contributed by atoms with van der Waals surface area (Å²) in [6, 6.07) is 9.81. The number of anilines is 1. The molecular weight excluding hydrogens is 240 g/mol. The zero-order chi connectivity index (χ0) is 13.2. The molecular formula is C14H16N4O.